The van der Waals surface area contributed by atoms with Crippen molar-refractivity contribution >= 4 is 28.6 Å². The SMILES string of the molecule is CCC(c1nc2cccc(Cl)c2c(=O)n1-c1ccccc1F)N(C(=O)O)C(C)(C)C. The van der Waals surface area contributed by atoms with E-state index in [9.17, 15) is 19.1 Å². The molecule has 6 nitrogen and oxygen atoms in total. The number of hydrogen-bond donors (Lipinski definition) is 1. The third-order valence-electron chi connectivity index (χ3n) is 4.89. The van der Waals surface area contributed by atoms with Gasteiger partial charge in [-0.1, -0.05) is 36.7 Å². The first kappa shape index (κ1) is 21.8. The zero-order valence-corrected chi connectivity index (χ0v) is 17.9. The molecule has 0 aliphatic rings. The van der Waals surface area contributed by atoms with Gasteiger partial charge in [-0.3, -0.25) is 14.3 Å². The first-order chi connectivity index (χ1) is 14.1. The van der Waals surface area contributed by atoms with Gasteiger partial charge in [-0.2, -0.15) is 0 Å². The highest BCUT2D eigenvalue weighted by molar-refractivity contribution is 6.35. The molecule has 1 unspecified atom stereocenters. The Bertz CT molecular complexity index is 1170. The van der Waals surface area contributed by atoms with E-state index in [-0.39, 0.29) is 21.9 Å². The average Bonchev–Trinajstić information content (AvgIpc) is 2.65. The molecule has 3 rings (SSSR count). The van der Waals surface area contributed by atoms with E-state index in [1.54, 1.807) is 52.0 Å². The molecule has 8 heteroatoms. The Balaban J connectivity index is 2.46. The smallest absolute Gasteiger partial charge is 0.408 e. The lowest BCUT2D eigenvalue weighted by Crippen LogP contribution is -2.48. The van der Waals surface area contributed by atoms with Gasteiger partial charge in [-0.15, -0.1) is 0 Å². The monoisotopic (exact) mass is 431 g/mol. The maximum Gasteiger partial charge on any atom is 0.408 e. The number of hydrogen-bond acceptors (Lipinski definition) is 3. The van der Waals surface area contributed by atoms with E-state index in [4.69, 9.17) is 11.6 Å². The van der Waals surface area contributed by atoms with Gasteiger partial charge < -0.3 is 5.11 Å². The van der Waals surface area contributed by atoms with Gasteiger partial charge in [0.2, 0.25) is 0 Å². The molecule has 0 saturated heterocycles. The van der Waals surface area contributed by atoms with Gasteiger partial charge in [-0.05, 0) is 51.5 Å². The van der Waals surface area contributed by atoms with Crippen LogP contribution in [0.3, 0.4) is 0 Å². The average molecular weight is 432 g/mol. The Hall–Kier alpha value is -2.93. The Labute approximate surface area is 178 Å². The number of amides is 1. The molecule has 1 atom stereocenters. The number of fused-ring (bicyclic) bond motifs is 1. The van der Waals surface area contributed by atoms with Crippen molar-refractivity contribution in [1.82, 2.24) is 14.5 Å². The van der Waals surface area contributed by atoms with Gasteiger partial charge >= 0.3 is 6.09 Å². The van der Waals surface area contributed by atoms with E-state index in [0.29, 0.717) is 11.9 Å². The lowest BCUT2D eigenvalue weighted by atomic mass is 10.0. The summed E-state index contributed by atoms with van der Waals surface area (Å²) in [6.07, 6.45) is -0.828. The molecule has 1 amide bonds. The molecule has 158 valence electrons. The van der Waals surface area contributed by atoms with Crippen molar-refractivity contribution in [2.24, 2.45) is 0 Å². The predicted octanol–water partition coefficient (Wildman–Crippen LogP) is 5.41. The van der Waals surface area contributed by atoms with Gasteiger partial charge in [0, 0.05) is 5.54 Å². The lowest BCUT2D eigenvalue weighted by Gasteiger charge is -2.39. The van der Waals surface area contributed by atoms with Crippen LogP contribution >= 0.6 is 11.6 Å². The maximum absolute atomic E-state index is 14.7. The fraction of sp³-hybridized carbons (Fsp3) is 0.318. The van der Waals surface area contributed by atoms with Crippen LogP contribution in [0.15, 0.2) is 47.3 Å². The van der Waals surface area contributed by atoms with Crippen LogP contribution in [0.4, 0.5) is 9.18 Å². The molecule has 2 aromatic carbocycles. The quantitative estimate of drug-likeness (QED) is 0.599. The van der Waals surface area contributed by atoms with Crippen LogP contribution < -0.4 is 5.56 Å². The van der Waals surface area contributed by atoms with Gasteiger partial charge in [0.05, 0.1) is 27.7 Å². The van der Waals surface area contributed by atoms with Crippen LogP contribution in [0.25, 0.3) is 16.6 Å². The summed E-state index contributed by atoms with van der Waals surface area (Å²) >= 11 is 6.26. The highest BCUT2D eigenvalue weighted by atomic mass is 35.5. The highest BCUT2D eigenvalue weighted by Gasteiger charge is 2.36. The largest absolute Gasteiger partial charge is 0.465 e. The molecule has 1 aromatic heterocycles. The third kappa shape index (κ3) is 3.77. The minimum absolute atomic E-state index is 0.00971. The van der Waals surface area contributed by atoms with Crippen LogP contribution in [0.2, 0.25) is 5.02 Å². The molecule has 0 fully saturated rings. The van der Waals surface area contributed by atoms with E-state index < -0.39 is 29.1 Å². The van der Waals surface area contributed by atoms with E-state index in [2.05, 4.69) is 4.98 Å². The summed E-state index contributed by atoms with van der Waals surface area (Å²) in [5, 5.41) is 10.3. The summed E-state index contributed by atoms with van der Waals surface area (Å²) in [4.78, 5) is 31.5. The van der Waals surface area contributed by atoms with Crippen molar-refractivity contribution in [2.75, 3.05) is 0 Å². The van der Waals surface area contributed by atoms with Crippen LogP contribution in [0.1, 0.15) is 46.0 Å². The van der Waals surface area contributed by atoms with E-state index in [0.717, 1.165) is 4.57 Å². The zero-order chi connectivity index (χ0) is 22.2. The topological polar surface area (TPSA) is 75.4 Å². The molecular formula is C22H23ClFN3O3. The number of halogens is 2. The Morgan fingerprint density at radius 1 is 1.23 bits per heavy atom. The Morgan fingerprint density at radius 3 is 2.47 bits per heavy atom. The summed E-state index contributed by atoms with van der Waals surface area (Å²) in [5.41, 5.74) is -1.02. The van der Waals surface area contributed by atoms with Gasteiger partial charge in [0.25, 0.3) is 5.56 Å². The van der Waals surface area contributed by atoms with Crippen LogP contribution in [-0.4, -0.2) is 31.2 Å². The standard InChI is InChI=1S/C22H23ClFN3O3/c1-5-16(27(21(29)30)22(2,3)4)19-25-15-11-8-9-13(23)18(15)20(28)26(19)17-12-7-6-10-14(17)24/h6-12,16H,5H2,1-4H3,(H,29,30). The summed E-state index contributed by atoms with van der Waals surface area (Å²) in [5.74, 6) is -0.485. The summed E-state index contributed by atoms with van der Waals surface area (Å²) in [7, 11) is 0. The maximum atomic E-state index is 14.7. The fourth-order valence-corrected chi connectivity index (χ4v) is 3.92. The molecule has 0 saturated carbocycles. The molecule has 0 aliphatic heterocycles. The first-order valence-electron chi connectivity index (χ1n) is 9.56. The number of benzene rings is 2. The Morgan fingerprint density at radius 2 is 1.90 bits per heavy atom. The van der Waals surface area contributed by atoms with Gasteiger partial charge in [0.15, 0.2) is 0 Å². The minimum atomic E-state index is -1.16. The van der Waals surface area contributed by atoms with Crippen molar-refractivity contribution in [3.63, 3.8) is 0 Å². The van der Waals surface area contributed by atoms with Crippen molar-refractivity contribution in [3.05, 3.63) is 69.5 Å². The second kappa shape index (κ2) is 8.07. The number of carboxylic acid groups (broad SMARTS) is 1. The second-order valence-corrected chi connectivity index (χ2v) is 8.35. The van der Waals surface area contributed by atoms with Crippen LogP contribution in [0, 0.1) is 5.82 Å². The minimum Gasteiger partial charge on any atom is -0.465 e. The van der Waals surface area contributed by atoms with E-state index in [1.165, 1.54) is 23.1 Å². The van der Waals surface area contributed by atoms with Crippen molar-refractivity contribution in [1.29, 1.82) is 0 Å². The van der Waals surface area contributed by atoms with Crippen molar-refractivity contribution in [2.45, 2.75) is 45.7 Å². The number of rotatable bonds is 4. The molecule has 0 spiro atoms. The first-order valence-corrected chi connectivity index (χ1v) is 9.94. The second-order valence-electron chi connectivity index (χ2n) is 7.94. The number of nitrogens with zero attached hydrogens (tertiary/aromatic N) is 3. The zero-order valence-electron chi connectivity index (χ0n) is 17.2. The van der Waals surface area contributed by atoms with E-state index in [1.807, 2.05) is 0 Å². The van der Waals surface area contributed by atoms with Gasteiger partial charge in [-0.25, -0.2) is 14.2 Å². The summed E-state index contributed by atoms with van der Waals surface area (Å²) in [6, 6.07) is 9.88. The fourth-order valence-electron chi connectivity index (χ4n) is 3.66. The summed E-state index contributed by atoms with van der Waals surface area (Å²) in [6.45, 7) is 7.07. The molecule has 0 bridgehead atoms. The van der Waals surface area contributed by atoms with Crippen molar-refractivity contribution in [3.8, 4) is 5.69 Å². The van der Waals surface area contributed by atoms with Crippen LogP contribution in [0.5, 0.6) is 0 Å². The van der Waals surface area contributed by atoms with E-state index >= 15 is 0 Å². The molecular weight excluding hydrogens is 409 g/mol. The summed E-state index contributed by atoms with van der Waals surface area (Å²) < 4.78 is 15.9. The number of aromatic nitrogens is 2. The molecule has 1 N–H and O–H groups in total. The molecule has 30 heavy (non-hydrogen) atoms. The number of para-hydroxylation sites is 1. The van der Waals surface area contributed by atoms with Crippen molar-refractivity contribution < 1.29 is 14.3 Å². The molecule has 0 aliphatic carbocycles. The normalized spacial score (nSPS) is 12.7. The van der Waals surface area contributed by atoms with Crippen LogP contribution in [-0.2, 0) is 0 Å². The third-order valence-corrected chi connectivity index (χ3v) is 5.21. The molecule has 3 aromatic rings. The molecule has 1 heterocycles. The number of carbonyl (C=O) groups is 1. The highest BCUT2D eigenvalue weighted by Crippen LogP contribution is 2.32. The van der Waals surface area contributed by atoms with Gasteiger partial charge in [0.1, 0.15) is 11.6 Å². The molecule has 0 radical (unpaired) electrons. The predicted molar refractivity (Wildman–Crippen MR) is 115 cm³/mol. The Kier molecular flexibility index (Phi) is 5.85. The lowest BCUT2D eigenvalue weighted by molar-refractivity contribution is 0.0646.